The topological polar surface area (TPSA) is 4.93 Å². The van der Waals surface area contributed by atoms with Gasteiger partial charge in [0.2, 0.25) is 6.71 Å². The van der Waals surface area contributed by atoms with Gasteiger partial charge in [0.15, 0.2) is 0 Å². The molecule has 1 aliphatic carbocycles. The highest BCUT2D eigenvalue weighted by Gasteiger charge is 2.36. The molecule has 194 valence electrons. The second kappa shape index (κ2) is 9.11. The van der Waals surface area contributed by atoms with Gasteiger partial charge in [-0.2, -0.15) is 0 Å². The van der Waals surface area contributed by atoms with Crippen molar-refractivity contribution in [3.8, 4) is 16.8 Å². The van der Waals surface area contributed by atoms with Crippen molar-refractivity contribution in [1.82, 2.24) is 4.57 Å². The Morgan fingerprint density at radius 2 is 1.07 bits per heavy atom. The standard InChI is InChI=1S/C39H30BN/c1-39(2)35-19-11-9-17-31(35)32-23-21-29(26-36(32)39)40(27-13-5-3-6-14-27)28-22-24-38-34(25-28)33-18-10-12-20-37(33)41(38)30-15-7-4-8-16-30/h3-26H,1-2H3. The van der Waals surface area contributed by atoms with Crippen LogP contribution in [0.4, 0.5) is 0 Å². The molecule has 0 saturated heterocycles. The lowest BCUT2D eigenvalue weighted by molar-refractivity contribution is 0.661. The van der Waals surface area contributed by atoms with Gasteiger partial charge >= 0.3 is 0 Å². The zero-order chi connectivity index (χ0) is 27.6. The van der Waals surface area contributed by atoms with Crippen LogP contribution in [0.15, 0.2) is 146 Å². The summed E-state index contributed by atoms with van der Waals surface area (Å²) in [7, 11) is 0. The predicted molar refractivity (Wildman–Crippen MR) is 176 cm³/mol. The van der Waals surface area contributed by atoms with E-state index in [9.17, 15) is 0 Å². The minimum atomic E-state index is -0.0315. The zero-order valence-electron chi connectivity index (χ0n) is 23.4. The van der Waals surface area contributed by atoms with E-state index < -0.39 is 0 Å². The molecule has 0 saturated carbocycles. The largest absolute Gasteiger partial charge is 0.309 e. The van der Waals surface area contributed by atoms with Gasteiger partial charge in [0.05, 0.1) is 11.0 Å². The smallest absolute Gasteiger partial charge is 0.241 e. The average molecular weight is 523 g/mol. The molecule has 6 aromatic carbocycles. The number of nitrogens with zero attached hydrogens (tertiary/aromatic N) is 1. The number of hydrogen-bond acceptors (Lipinski definition) is 0. The number of aromatic nitrogens is 1. The van der Waals surface area contributed by atoms with Crippen molar-refractivity contribution in [2.75, 3.05) is 0 Å². The van der Waals surface area contributed by atoms with Crippen LogP contribution in [0.5, 0.6) is 0 Å². The molecular formula is C39H30BN. The highest BCUT2D eigenvalue weighted by atomic mass is 15.0. The van der Waals surface area contributed by atoms with E-state index in [-0.39, 0.29) is 12.1 Å². The lowest BCUT2D eigenvalue weighted by atomic mass is 9.36. The Labute approximate surface area is 241 Å². The van der Waals surface area contributed by atoms with Crippen molar-refractivity contribution in [2.45, 2.75) is 19.3 Å². The first-order chi connectivity index (χ1) is 20.1. The molecule has 1 aromatic heterocycles. The van der Waals surface area contributed by atoms with Gasteiger partial charge in [-0.1, -0.05) is 152 Å². The fraction of sp³-hybridized carbons (Fsp3) is 0.0769. The summed E-state index contributed by atoms with van der Waals surface area (Å²) in [5.41, 5.74) is 13.1. The predicted octanol–water partition coefficient (Wildman–Crippen LogP) is 7.61. The maximum atomic E-state index is 2.48. The van der Waals surface area contributed by atoms with E-state index in [2.05, 4.69) is 164 Å². The molecule has 0 amide bonds. The van der Waals surface area contributed by atoms with Crippen LogP contribution >= 0.6 is 0 Å². The lowest BCUT2D eigenvalue weighted by Crippen LogP contribution is -2.52. The van der Waals surface area contributed by atoms with Crippen molar-refractivity contribution in [2.24, 2.45) is 0 Å². The fourth-order valence-corrected chi connectivity index (χ4v) is 7.15. The molecular weight excluding hydrogens is 493 g/mol. The molecule has 0 N–H and O–H groups in total. The quantitative estimate of drug-likeness (QED) is 0.209. The first kappa shape index (κ1) is 24.0. The second-order valence-electron chi connectivity index (χ2n) is 11.8. The zero-order valence-corrected chi connectivity index (χ0v) is 23.4. The molecule has 0 aliphatic heterocycles. The van der Waals surface area contributed by atoms with E-state index in [0.717, 1.165) is 0 Å². The molecule has 0 radical (unpaired) electrons. The highest BCUT2D eigenvalue weighted by molar-refractivity contribution is 6.95. The van der Waals surface area contributed by atoms with Crippen LogP contribution in [-0.2, 0) is 5.41 Å². The Hall–Kier alpha value is -4.82. The Bertz CT molecular complexity index is 2070. The molecule has 0 atom stereocenters. The van der Waals surface area contributed by atoms with Crippen molar-refractivity contribution in [3.63, 3.8) is 0 Å². The summed E-state index contributed by atoms with van der Waals surface area (Å²) in [6.45, 7) is 4.86. The number of para-hydroxylation sites is 2. The molecule has 0 spiro atoms. The van der Waals surface area contributed by atoms with Gasteiger partial charge in [-0.15, -0.1) is 0 Å². The number of hydrogen-bond donors (Lipinski definition) is 0. The fourth-order valence-electron chi connectivity index (χ4n) is 7.15. The van der Waals surface area contributed by atoms with Gasteiger partial charge in [0.25, 0.3) is 0 Å². The molecule has 7 aromatic rings. The molecule has 0 bridgehead atoms. The molecule has 8 rings (SSSR count). The van der Waals surface area contributed by atoms with Crippen molar-refractivity contribution >= 4 is 44.9 Å². The summed E-state index contributed by atoms with van der Waals surface area (Å²) < 4.78 is 2.39. The van der Waals surface area contributed by atoms with Crippen LogP contribution in [-0.4, -0.2) is 11.3 Å². The Morgan fingerprint density at radius 3 is 1.90 bits per heavy atom. The average Bonchev–Trinajstić information content (AvgIpc) is 3.47. The van der Waals surface area contributed by atoms with Crippen LogP contribution in [0.25, 0.3) is 38.6 Å². The molecule has 2 heteroatoms. The molecule has 1 nitrogen and oxygen atoms in total. The Morgan fingerprint density at radius 1 is 0.463 bits per heavy atom. The van der Waals surface area contributed by atoms with E-state index in [0.29, 0.717) is 0 Å². The SMILES string of the molecule is CC1(C)c2ccccc2-c2ccc(B(c3ccccc3)c3ccc4c(c3)c3ccccc3n4-c3ccccc3)cc21. The van der Waals surface area contributed by atoms with E-state index in [4.69, 9.17) is 0 Å². The lowest BCUT2D eigenvalue weighted by Gasteiger charge is -2.23. The first-order valence-corrected chi connectivity index (χ1v) is 14.5. The third-order valence-corrected chi connectivity index (χ3v) is 9.12. The van der Waals surface area contributed by atoms with E-state index in [1.807, 2.05) is 0 Å². The molecule has 0 unspecified atom stereocenters. The molecule has 1 aliphatic rings. The summed E-state index contributed by atoms with van der Waals surface area (Å²) in [6.07, 6.45) is 0. The van der Waals surface area contributed by atoms with E-state index in [1.54, 1.807) is 0 Å². The van der Waals surface area contributed by atoms with Crippen molar-refractivity contribution in [3.05, 3.63) is 157 Å². The van der Waals surface area contributed by atoms with E-state index >= 15 is 0 Å². The molecule has 0 fully saturated rings. The van der Waals surface area contributed by atoms with Crippen molar-refractivity contribution in [1.29, 1.82) is 0 Å². The summed E-state index contributed by atoms with van der Waals surface area (Å²) in [5.74, 6) is 0. The third-order valence-electron chi connectivity index (χ3n) is 9.12. The van der Waals surface area contributed by atoms with Crippen LogP contribution in [0.1, 0.15) is 25.0 Å². The van der Waals surface area contributed by atoms with Crippen LogP contribution in [0.2, 0.25) is 0 Å². The molecule has 1 heterocycles. The minimum absolute atomic E-state index is 0.0315. The van der Waals surface area contributed by atoms with Crippen molar-refractivity contribution < 1.29 is 0 Å². The summed E-state index contributed by atoms with van der Waals surface area (Å²) >= 11 is 0. The van der Waals surface area contributed by atoms with Gasteiger partial charge in [0.1, 0.15) is 0 Å². The van der Waals surface area contributed by atoms with Gasteiger partial charge in [0, 0.05) is 21.9 Å². The van der Waals surface area contributed by atoms with E-state index in [1.165, 1.54) is 66.1 Å². The number of rotatable bonds is 4. The monoisotopic (exact) mass is 523 g/mol. The summed E-state index contributed by atoms with van der Waals surface area (Å²) in [5, 5.41) is 2.57. The van der Waals surface area contributed by atoms with Gasteiger partial charge in [-0.05, 0) is 46.5 Å². The Balaban J connectivity index is 1.35. The summed E-state index contributed by atoms with van der Waals surface area (Å²) in [4.78, 5) is 0. The van der Waals surface area contributed by atoms with Gasteiger partial charge in [-0.25, -0.2) is 0 Å². The van der Waals surface area contributed by atoms with Crippen LogP contribution in [0, 0.1) is 0 Å². The van der Waals surface area contributed by atoms with Crippen LogP contribution < -0.4 is 16.4 Å². The second-order valence-corrected chi connectivity index (χ2v) is 11.8. The number of fused-ring (bicyclic) bond motifs is 6. The third kappa shape index (κ3) is 3.64. The van der Waals surface area contributed by atoms with Gasteiger partial charge in [-0.3, -0.25) is 0 Å². The minimum Gasteiger partial charge on any atom is -0.309 e. The molecule has 41 heavy (non-hydrogen) atoms. The number of benzene rings is 6. The van der Waals surface area contributed by atoms with Gasteiger partial charge < -0.3 is 4.57 Å². The first-order valence-electron chi connectivity index (χ1n) is 14.5. The highest BCUT2D eigenvalue weighted by Crippen LogP contribution is 2.48. The summed E-state index contributed by atoms with van der Waals surface area (Å²) in [6, 6.07) is 53.6. The maximum absolute atomic E-state index is 2.48. The Kier molecular flexibility index (Phi) is 5.34. The van der Waals surface area contributed by atoms with Crippen LogP contribution in [0.3, 0.4) is 0 Å². The maximum Gasteiger partial charge on any atom is 0.241 e. The normalized spacial score (nSPS) is 13.3.